The molecule has 0 spiro atoms. The van der Waals surface area contributed by atoms with Crippen LogP contribution in [-0.4, -0.2) is 37.0 Å². The van der Waals surface area contributed by atoms with E-state index in [1.807, 2.05) is 72.8 Å². The first-order chi connectivity index (χ1) is 18.5. The monoisotopic (exact) mass is 506 g/mol. The molecule has 1 amide bonds. The molecule has 1 fully saturated rings. The minimum atomic E-state index is -0.806. The van der Waals surface area contributed by atoms with E-state index < -0.39 is 17.7 Å². The van der Waals surface area contributed by atoms with Crippen LogP contribution >= 0.6 is 0 Å². The van der Waals surface area contributed by atoms with Gasteiger partial charge in [-0.1, -0.05) is 54.6 Å². The number of aliphatic hydroxyl groups is 1. The Bertz CT molecular complexity index is 1510. The van der Waals surface area contributed by atoms with Crippen LogP contribution < -0.4 is 14.5 Å². The molecule has 0 aliphatic carbocycles. The van der Waals surface area contributed by atoms with Gasteiger partial charge in [-0.3, -0.25) is 14.5 Å². The highest BCUT2D eigenvalue weighted by molar-refractivity contribution is 6.51. The van der Waals surface area contributed by atoms with Crippen molar-refractivity contribution in [2.24, 2.45) is 0 Å². The molecule has 1 aliphatic heterocycles. The molecule has 4 aromatic rings. The van der Waals surface area contributed by atoms with Crippen molar-refractivity contribution in [1.29, 1.82) is 0 Å². The SMILES string of the molecule is CCN(CC)c1ccc(N2C(=O)C(=O)/C(=C(\O)c3cccc4ccccc34)C2c2ccc(OC)cc2)cc1. The Kier molecular flexibility index (Phi) is 6.88. The average molecular weight is 507 g/mol. The highest BCUT2D eigenvalue weighted by atomic mass is 16.5. The van der Waals surface area contributed by atoms with Crippen molar-refractivity contribution in [3.63, 3.8) is 0 Å². The van der Waals surface area contributed by atoms with Gasteiger partial charge in [0, 0.05) is 30.0 Å². The lowest BCUT2D eigenvalue weighted by atomic mass is 9.93. The number of hydrogen-bond acceptors (Lipinski definition) is 5. The summed E-state index contributed by atoms with van der Waals surface area (Å²) in [4.78, 5) is 30.8. The van der Waals surface area contributed by atoms with E-state index in [4.69, 9.17) is 4.74 Å². The number of anilines is 2. The van der Waals surface area contributed by atoms with E-state index in [1.54, 1.807) is 25.3 Å². The molecule has 6 heteroatoms. The molecule has 1 aliphatic rings. The molecular weight excluding hydrogens is 476 g/mol. The number of carbonyl (C=O) groups is 2. The molecule has 4 aromatic carbocycles. The van der Waals surface area contributed by atoms with Crippen molar-refractivity contribution in [1.82, 2.24) is 0 Å². The number of hydrogen-bond donors (Lipinski definition) is 1. The zero-order chi connectivity index (χ0) is 26.8. The van der Waals surface area contributed by atoms with Gasteiger partial charge in [0.05, 0.1) is 18.7 Å². The molecule has 38 heavy (non-hydrogen) atoms. The first-order valence-corrected chi connectivity index (χ1v) is 12.8. The zero-order valence-electron chi connectivity index (χ0n) is 21.7. The summed E-state index contributed by atoms with van der Waals surface area (Å²) in [6, 6.07) is 27.2. The van der Waals surface area contributed by atoms with Crippen molar-refractivity contribution in [2.45, 2.75) is 19.9 Å². The summed E-state index contributed by atoms with van der Waals surface area (Å²) in [7, 11) is 1.58. The number of aliphatic hydroxyl groups excluding tert-OH is 1. The maximum atomic E-state index is 13.6. The molecule has 1 unspecified atom stereocenters. The lowest BCUT2D eigenvalue weighted by Gasteiger charge is -2.27. The van der Waals surface area contributed by atoms with Crippen LogP contribution in [0.3, 0.4) is 0 Å². The number of amides is 1. The van der Waals surface area contributed by atoms with Gasteiger partial charge in [-0.25, -0.2) is 0 Å². The van der Waals surface area contributed by atoms with Crippen LogP contribution in [0, 0.1) is 0 Å². The van der Waals surface area contributed by atoms with Gasteiger partial charge in [0.25, 0.3) is 11.7 Å². The van der Waals surface area contributed by atoms with Crippen LogP contribution in [0.25, 0.3) is 16.5 Å². The molecule has 192 valence electrons. The fraction of sp³-hybridized carbons (Fsp3) is 0.188. The summed E-state index contributed by atoms with van der Waals surface area (Å²) in [6.45, 7) is 5.90. The van der Waals surface area contributed by atoms with Crippen molar-refractivity contribution in [2.75, 3.05) is 30.0 Å². The largest absolute Gasteiger partial charge is 0.507 e. The van der Waals surface area contributed by atoms with Crippen molar-refractivity contribution < 1.29 is 19.4 Å². The summed E-state index contributed by atoms with van der Waals surface area (Å²) in [5, 5.41) is 13.4. The van der Waals surface area contributed by atoms with Crippen LogP contribution in [0.2, 0.25) is 0 Å². The highest BCUT2D eigenvalue weighted by Gasteiger charge is 2.47. The van der Waals surface area contributed by atoms with Crippen LogP contribution in [-0.2, 0) is 9.59 Å². The van der Waals surface area contributed by atoms with Crippen LogP contribution in [0.5, 0.6) is 5.75 Å². The first-order valence-electron chi connectivity index (χ1n) is 12.8. The topological polar surface area (TPSA) is 70.1 Å². The third kappa shape index (κ3) is 4.28. The normalized spacial score (nSPS) is 16.7. The number of ether oxygens (including phenoxy) is 1. The van der Waals surface area contributed by atoms with Crippen LogP contribution in [0.1, 0.15) is 31.0 Å². The van der Waals surface area contributed by atoms with E-state index in [0.29, 0.717) is 22.6 Å². The van der Waals surface area contributed by atoms with Crippen molar-refractivity contribution >= 4 is 39.6 Å². The summed E-state index contributed by atoms with van der Waals surface area (Å²) in [5.41, 5.74) is 2.88. The summed E-state index contributed by atoms with van der Waals surface area (Å²) in [6.07, 6.45) is 0. The van der Waals surface area contributed by atoms with E-state index in [9.17, 15) is 14.7 Å². The Morgan fingerprint density at radius 1 is 0.868 bits per heavy atom. The van der Waals surface area contributed by atoms with Gasteiger partial charge in [0.2, 0.25) is 0 Å². The third-order valence-corrected chi connectivity index (χ3v) is 7.18. The molecule has 1 saturated heterocycles. The Hall–Kier alpha value is -4.58. The minimum absolute atomic E-state index is 0.0596. The number of Topliss-reactive ketones (excluding diaryl/α,β-unsaturated/α-hetero) is 1. The molecule has 1 N–H and O–H groups in total. The van der Waals surface area contributed by atoms with Gasteiger partial charge in [-0.05, 0) is 66.6 Å². The van der Waals surface area contributed by atoms with E-state index >= 15 is 0 Å². The summed E-state index contributed by atoms with van der Waals surface area (Å²) < 4.78 is 5.32. The number of methoxy groups -OCH3 is 1. The quantitative estimate of drug-likeness (QED) is 0.180. The van der Waals surface area contributed by atoms with Gasteiger partial charge in [-0.15, -0.1) is 0 Å². The number of carbonyl (C=O) groups excluding carboxylic acids is 2. The lowest BCUT2D eigenvalue weighted by molar-refractivity contribution is -0.132. The molecule has 6 nitrogen and oxygen atoms in total. The van der Waals surface area contributed by atoms with E-state index in [2.05, 4.69) is 18.7 Å². The Morgan fingerprint density at radius 3 is 2.18 bits per heavy atom. The summed E-state index contributed by atoms with van der Waals surface area (Å²) in [5.74, 6) is -0.932. The second-order valence-electron chi connectivity index (χ2n) is 9.16. The van der Waals surface area contributed by atoms with Crippen LogP contribution in [0.4, 0.5) is 11.4 Å². The molecule has 1 atom stereocenters. The fourth-order valence-corrected chi connectivity index (χ4v) is 5.19. The van der Waals surface area contributed by atoms with Crippen LogP contribution in [0.15, 0.2) is 96.6 Å². The molecular formula is C32H30N2O4. The van der Waals surface area contributed by atoms with Gasteiger partial charge in [0.15, 0.2) is 0 Å². The van der Waals surface area contributed by atoms with E-state index in [0.717, 1.165) is 29.5 Å². The Labute approximate surface area is 222 Å². The number of fused-ring (bicyclic) bond motifs is 1. The van der Waals surface area contributed by atoms with E-state index in [1.165, 1.54) is 4.90 Å². The molecule has 5 rings (SSSR count). The van der Waals surface area contributed by atoms with E-state index in [-0.39, 0.29) is 11.3 Å². The standard InChI is InChI=1S/C32H30N2O4/c1-4-33(5-2)23-15-17-24(18-16-23)34-29(22-13-19-25(38-3)20-14-22)28(31(36)32(34)37)30(35)27-12-8-10-21-9-6-7-11-26(21)27/h6-20,29,35H,4-5H2,1-3H3/b30-28-. The molecule has 0 saturated carbocycles. The number of rotatable bonds is 7. The average Bonchev–Trinajstić information content (AvgIpc) is 3.23. The fourth-order valence-electron chi connectivity index (χ4n) is 5.19. The van der Waals surface area contributed by atoms with Gasteiger partial charge >= 0.3 is 0 Å². The maximum absolute atomic E-state index is 13.6. The maximum Gasteiger partial charge on any atom is 0.300 e. The van der Waals surface area contributed by atoms with Gasteiger partial charge < -0.3 is 14.7 Å². The molecule has 1 heterocycles. The van der Waals surface area contributed by atoms with Gasteiger partial charge in [0.1, 0.15) is 11.5 Å². The van der Waals surface area contributed by atoms with Crippen molar-refractivity contribution in [3.8, 4) is 5.75 Å². The number of ketones is 1. The van der Waals surface area contributed by atoms with Crippen molar-refractivity contribution in [3.05, 3.63) is 108 Å². The highest BCUT2D eigenvalue weighted by Crippen LogP contribution is 2.43. The Balaban J connectivity index is 1.69. The number of nitrogens with zero attached hydrogens (tertiary/aromatic N) is 2. The second kappa shape index (κ2) is 10.4. The predicted molar refractivity (Wildman–Crippen MR) is 152 cm³/mol. The molecule has 0 bridgehead atoms. The number of benzene rings is 4. The lowest BCUT2D eigenvalue weighted by Crippen LogP contribution is -2.29. The zero-order valence-corrected chi connectivity index (χ0v) is 21.7. The van der Waals surface area contributed by atoms with Gasteiger partial charge in [-0.2, -0.15) is 0 Å². The molecule has 0 aromatic heterocycles. The second-order valence-corrected chi connectivity index (χ2v) is 9.16. The first kappa shape index (κ1) is 25.1. The third-order valence-electron chi connectivity index (χ3n) is 7.18. The Morgan fingerprint density at radius 2 is 1.53 bits per heavy atom. The minimum Gasteiger partial charge on any atom is -0.507 e. The molecule has 0 radical (unpaired) electrons. The summed E-state index contributed by atoms with van der Waals surface area (Å²) >= 11 is 0. The predicted octanol–water partition coefficient (Wildman–Crippen LogP) is 6.32. The smallest absolute Gasteiger partial charge is 0.300 e.